The van der Waals surface area contributed by atoms with Gasteiger partial charge >= 0.3 is 0 Å². The summed E-state index contributed by atoms with van der Waals surface area (Å²) in [4.78, 5) is 13.2. The highest BCUT2D eigenvalue weighted by atomic mass is 35.5. The lowest BCUT2D eigenvalue weighted by atomic mass is 10.2. The molecule has 6 nitrogen and oxygen atoms in total. The van der Waals surface area contributed by atoms with E-state index >= 15 is 0 Å². The van der Waals surface area contributed by atoms with Gasteiger partial charge in [0.05, 0.1) is 38.4 Å². The predicted molar refractivity (Wildman–Crippen MR) is 93.9 cm³/mol. The van der Waals surface area contributed by atoms with E-state index in [1.807, 2.05) is 41.0 Å². The Hall–Kier alpha value is -2.86. The van der Waals surface area contributed by atoms with Crippen LogP contribution in [0, 0.1) is 0 Å². The summed E-state index contributed by atoms with van der Waals surface area (Å²) < 4.78 is 12.5. The van der Waals surface area contributed by atoms with Gasteiger partial charge in [-0.15, -0.1) is 0 Å². The van der Waals surface area contributed by atoms with E-state index in [4.69, 9.17) is 20.8 Å². The van der Waals surface area contributed by atoms with Crippen LogP contribution in [0.5, 0.6) is 5.75 Å². The van der Waals surface area contributed by atoms with Crippen LogP contribution < -0.4 is 4.74 Å². The molecule has 7 heteroatoms. The van der Waals surface area contributed by atoms with Crippen molar-refractivity contribution in [1.82, 2.24) is 19.5 Å². The number of halogens is 1. The average Bonchev–Trinajstić information content (AvgIpc) is 3.26. The Kier molecular flexibility index (Phi) is 4.11. The molecule has 4 aromatic rings. The lowest BCUT2D eigenvalue weighted by Gasteiger charge is -2.06. The Morgan fingerprint density at radius 3 is 2.72 bits per heavy atom. The van der Waals surface area contributed by atoms with E-state index < -0.39 is 0 Å². The molecule has 0 saturated heterocycles. The first-order chi connectivity index (χ1) is 12.2. The fourth-order valence-electron chi connectivity index (χ4n) is 2.72. The van der Waals surface area contributed by atoms with Gasteiger partial charge in [-0.25, -0.2) is 9.97 Å². The average molecular weight is 355 g/mol. The number of rotatable bonds is 5. The molecule has 25 heavy (non-hydrogen) atoms. The van der Waals surface area contributed by atoms with E-state index in [1.165, 1.54) is 0 Å². The van der Waals surface area contributed by atoms with Crippen LogP contribution in [-0.2, 0) is 13.0 Å². The topological polar surface area (TPSA) is 66.0 Å². The van der Waals surface area contributed by atoms with Crippen LogP contribution in [0.25, 0.3) is 11.2 Å². The van der Waals surface area contributed by atoms with Crippen LogP contribution in [0.4, 0.5) is 0 Å². The van der Waals surface area contributed by atoms with Crippen LogP contribution in [0.15, 0.2) is 53.4 Å². The number of furan rings is 1. The summed E-state index contributed by atoms with van der Waals surface area (Å²) in [5.41, 5.74) is 3.30. The molecular weight excluding hydrogens is 340 g/mol. The zero-order chi connectivity index (χ0) is 17.2. The molecule has 4 rings (SSSR count). The van der Waals surface area contributed by atoms with Gasteiger partial charge in [-0.3, -0.25) is 0 Å². The first kappa shape index (κ1) is 15.7. The number of hydrogen-bond acceptors (Lipinski definition) is 5. The Morgan fingerprint density at radius 1 is 1.16 bits per heavy atom. The Labute approximate surface area is 149 Å². The molecule has 0 N–H and O–H groups in total. The molecule has 126 valence electrons. The van der Waals surface area contributed by atoms with Crippen molar-refractivity contribution in [2.24, 2.45) is 0 Å². The van der Waals surface area contributed by atoms with Crippen molar-refractivity contribution in [3.63, 3.8) is 0 Å². The van der Waals surface area contributed by atoms with Crippen LogP contribution in [0.2, 0.25) is 5.28 Å². The van der Waals surface area contributed by atoms with Gasteiger partial charge in [0.2, 0.25) is 5.28 Å². The maximum Gasteiger partial charge on any atom is 0.224 e. The predicted octanol–water partition coefficient (Wildman–Crippen LogP) is 3.72. The first-order valence-electron chi connectivity index (χ1n) is 7.75. The number of nitrogens with zero attached hydrogens (tertiary/aromatic N) is 4. The third-order valence-corrected chi connectivity index (χ3v) is 4.11. The molecule has 0 atom stereocenters. The van der Waals surface area contributed by atoms with E-state index in [0.717, 1.165) is 28.3 Å². The van der Waals surface area contributed by atoms with Crippen LogP contribution in [0.1, 0.15) is 17.0 Å². The minimum atomic E-state index is 0.200. The lowest BCUT2D eigenvalue weighted by molar-refractivity contribution is 0.414. The third kappa shape index (κ3) is 3.21. The number of benzene rings is 1. The summed E-state index contributed by atoms with van der Waals surface area (Å²) in [5.74, 6) is 1.63. The van der Waals surface area contributed by atoms with Gasteiger partial charge in [-0.2, -0.15) is 4.98 Å². The van der Waals surface area contributed by atoms with Gasteiger partial charge in [-0.05, 0) is 41.4 Å². The molecule has 3 heterocycles. The van der Waals surface area contributed by atoms with E-state index in [2.05, 4.69) is 15.0 Å². The molecule has 0 bridgehead atoms. The molecule has 0 aliphatic heterocycles. The first-order valence-corrected chi connectivity index (χ1v) is 8.13. The van der Waals surface area contributed by atoms with Gasteiger partial charge < -0.3 is 13.7 Å². The van der Waals surface area contributed by atoms with Gasteiger partial charge in [0.15, 0.2) is 5.65 Å². The van der Waals surface area contributed by atoms with E-state index in [9.17, 15) is 0 Å². The molecule has 0 fully saturated rings. The molecule has 1 aromatic carbocycles. The van der Waals surface area contributed by atoms with Crippen molar-refractivity contribution < 1.29 is 9.15 Å². The van der Waals surface area contributed by atoms with Crippen molar-refractivity contribution in [2.75, 3.05) is 7.11 Å². The normalized spacial score (nSPS) is 11.1. The fraction of sp³-hybridized carbons (Fsp3) is 0.167. The molecule has 0 radical (unpaired) electrons. The number of ether oxygens (including phenoxy) is 1. The largest absolute Gasteiger partial charge is 0.497 e. The van der Waals surface area contributed by atoms with E-state index in [0.29, 0.717) is 18.6 Å². The van der Waals surface area contributed by atoms with E-state index in [1.54, 1.807) is 19.7 Å². The molecule has 0 aliphatic rings. The minimum Gasteiger partial charge on any atom is -0.497 e. The number of aromatic nitrogens is 4. The van der Waals surface area contributed by atoms with Gasteiger partial charge in [0, 0.05) is 0 Å². The van der Waals surface area contributed by atoms with Gasteiger partial charge in [-0.1, -0.05) is 12.1 Å². The highest BCUT2D eigenvalue weighted by Gasteiger charge is 2.14. The highest BCUT2D eigenvalue weighted by Crippen LogP contribution is 2.21. The Bertz CT molecular complexity index is 994. The molecular formula is C18H15ClN4O2. The minimum absolute atomic E-state index is 0.200. The lowest BCUT2D eigenvalue weighted by Crippen LogP contribution is -2.02. The van der Waals surface area contributed by atoms with Crippen molar-refractivity contribution in [3.8, 4) is 5.75 Å². The second-order valence-corrected chi connectivity index (χ2v) is 5.93. The van der Waals surface area contributed by atoms with Crippen molar-refractivity contribution in [1.29, 1.82) is 0 Å². The zero-order valence-electron chi connectivity index (χ0n) is 13.5. The van der Waals surface area contributed by atoms with Gasteiger partial charge in [0.1, 0.15) is 17.0 Å². The molecule has 0 amide bonds. The summed E-state index contributed by atoms with van der Waals surface area (Å²) in [6, 6.07) is 11.6. The second-order valence-electron chi connectivity index (χ2n) is 5.59. The Morgan fingerprint density at radius 2 is 2.00 bits per heavy atom. The third-order valence-electron chi connectivity index (χ3n) is 3.94. The van der Waals surface area contributed by atoms with Gasteiger partial charge in [0.25, 0.3) is 0 Å². The highest BCUT2D eigenvalue weighted by molar-refractivity contribution is 6.28. The summed E-state index contributed by atoms with van der Waals surface area (Å²) in [5, 5.41) is 0.200. The SMILES string of the molecule is COc1ccc(Cn2cnc3c(Cc4ccco4)nc(Cl)nc32)cc1. The quantitative estimate of drug-likeness (QED) is 0.511. The number of hydrogen-bond donors (Lipinski definition) is 0. The summed E-state index contributed by atoms with van der Waals surface area (Å²) in [6.45, 7) is 0.633. The maximum atomic E-state index is 6.12. The van der Waals surface area contributed by atoms with Crippen molar-refractivity contribution in [2.45, 2.75) is 13.0 Å². The number of methoxy groups -OCH3 is 1. The van der Waals surface area contributed by atoms with Crippen molar-refractivity contribution >= 4 is 22.8 Å². The molecule has 3 aromatic heterocycles. The Balaban J connectivity index is 1.69. The number of imidazole rings is 1. The maximum absolute atomic E-state index is 6.12. The summed E-state index contributed by atoms with van der Waals surface area (Å²) in [6.07, 6.45) is 3.91. The molecule has 0 unspecified atom stereocenters. The van der Waals surface area contributed by atoms with E-state index in [-0.39, 0.29) is 5.28 Å². The number of fused-ring (bicyclic) bond motifs is 1. The molecule has 0 aliphatic carbocycles. The van der Waals surface area contributed by atoms with Crippen molar-refractivity contribution in [3.05, 3.63) is 71.3 Å². The summed E-state index contributed by atoms with van der Waals surface area (Å²) in [7, 11) is 1.65. The molecule has 0 saturated carbocycles. The second kappa shape index (κ2) is 6.57. The van der Waals surface area contributed by atoms with Crippen LogP contribution >= 0.6 is 11.6 Å². The molecule has 0 spiro atoms. The smallest absolute Gasteiger partial charge is 0.224 e. The van der Waals surface area contributed by atoms with Crippen LogP contribution in [-0.4, -0.2) is 26.6 Å². The summed E-state index contributed by atoms with van der Waals surface area (Å²) >= 11 is 6.12. The standard InChI is InChI=1S/C18H15ClN4O2/c1-24-13-6-4-12(5-7-13)10-23-11-20-16-15(9-14-3-2-8-25-14)21-18(19)22-17(16)23/h2-8,11H,9-10H2,1H3. The zero-order valence-corrected chi connectivity index (χ0v) is 14.3. The van der Waals surface area contributed by atoms with Crippen LogP contribution in [0.3, 0.4) is 0 Å². The monoisotopic (exact) mass is 354 g/mol. The fourth-order valence-corrected chi connectivity index (χ4v) is 2.90.